The molecule has 0 atom stereocenters. The molecular formula is C15H10N6O2S. The summed E-state index contributed by atoms with van der Waals surface area (Å²) in [5, 5.41) is 12.4. The SMILES string of the molecule is c1ccc(-c2noc(CSc3nnc(-c4ccncc4)o3)n2)nc1. The maximum Gasteiger partial charge on any atom is 0.277 e. The summed E-state index contributed by atoms with van der Waals surface area (Å²) >= 11 is 1.32. The van der Waals surface area contributed by atoms with Crippen molar-refractivity contribution in [2.75, 3.05) is 0 Å². The molecule has 0 bridgehead atoms. The largest absolute Gasteiger partial charge is 0.411 e. The minimum absolute atomic E-state index is 0.428. The molecule has 4 aromatic rings. The zero-order chi connectivity index (χ0) is 16.2. The predicted octanol–water partition coefficient (Wildman–Crippen LogP) is 2.87. The van der Waals surface area contributed by atoms with Gasteiger partial charge in [0.2, 0.25) is 17.6 Å². The molecule has 8 nitrogen and oxygen atoms in total. The molecule has 0 N–H and O–H groups in total. The van der Waals surface area contributed by atoms with E-state index < -0.39 is 0 Å². The van der Waals surface area contributed by atoms with E-state index >= 15 is 0 Å². The van der Waals surface area contributed by atoms with Gasteiger partial charge in [-0.05, 0) is 24.3 Å². The molecule has 118 valence electrons. The smallest absolute Gasteiger partial charge is 0.277 e. The highest BCUT2D eigenvalue weighted by Gasteiger charge is 2.13. The van der Waals surface area contributed by atoms with Crippen molar-refractivity contribution in [1.29, 1.82) is 0 Å². The number of thioether (sulfide) groups is 1. The second-order valence-corrected chi connectivity index (χ2v) is 5.55. The van der Waals surface area contributed by atoms with Crippen LogP contribution in [0.25, 0.3) is 23.0 Å². The van der Waals surface area contributed by atoms with Gasteiger partial charge in [0.1, 0.15) is 5.69 Å². The molecule has 24 heavy (non-hydrogen) atoms. The Morgan fingerprint density at radius 1 is 1.00 bits per heavy atom. The molecule has 0 unspecified atom stereocenters. The van der Waals surface area contributed by atoms with Crippen LogP contribution >= 0.6 is 11.8 Å². The van der Waals surface area contributed by atoms with E-state index in [1.165, 1.54) is 11.8 Å². The Morgan fingerprint density at radius 2 is 1.92 bits per heavy atom. The third-order valence-corrected chi connectivity index (χ3v) is 3.82. The van der Waals surface area contributed by atoms with E-state index in [9.17, 15) is 0 Å². The van der Waals surface area contributed by atoms with Crippen molar-refractivity contribution in [3.63, 3.8) is 0 Å². The summed E-state index contributed by atoms with van der Waals surface area (Å²) < 4.78 is 10.8. The normalized spacial score (nSPS) is 10.8. The minimum atomic E-state index is 0.428. The third kappa shape index (κ3) is 3.15. The Kier molecular flexibility index (Phi) is 3.98. The molecule has 0 aliphatic heterocycles. The Labute approximate surface area is 140 Å². The summed E-state index contributed by atoms with van der Waals surface area (Å²) in [7, 11) is 0. The average Bonchev–Trinajstić information content (AvgIpc) is 3.31. The molecule has 0 saturated heterocycles. The summed E-state index contributed by atoms with van der Waals surface area (Å²) in [6, 6.07) is 9.13. The lowest BCUT2D eigenvalue weighted by Gasteiger charge is -1.92. The summed E-state index contributed by atoms with van der Waals surface area (Å²) in [6.07, 6.45) is 5.02. The molecule has 4 heterocycles. The van der Waals surface area contributed by atoms with Crippen LogP contribution < -0.4 is 0 Å². The van der Waals surface area contributed by atoms with Crippen LogP contribution in [0.4, 0.5) is 0 Å². The fourth-order valence-corrected chi connectivity index (χ4v) is 2.52. The van der Waals surface area contributed by atoms with Gasteiger partial charge in [0.15, 0.2) is 0 Å². The van der Waals surface area contributed by atoms with Crippen molar-refractivity contribution < 1.29 is 8.94 Å². The summed E-state index contributed by atoms with van der Waals surface area (Å²) in [5.74, 6) is 1.79. The standard InChI is InChI=1S/C15H10N6O2S/c1-2-6-17-11(3-1)13-18-12(23-21-13)9-24-15-20-19-14(22-15)10-4-7-16-8-5-10/h1-8H,9H2. The van der Waals surface area contributed by atoms with Crippen molar-refractivity contribution >= 4 is 11.8 Å². The molecule has 9 heteroatoms. The van der Waals surface area contributed by atoms with Crippen molar-refractivity contribution in [3.8, 4) is 23.0 Å². The highest BCUT2D eigenvalue weighted by atomic mass is 32.2. The quantitative estimate of drug-likeness (QED) is 0.508. The van der Waals surface area contributed by atoms with Crippen LogP contribution in [0.5, 0.6) is 0 Å². The van der Waals surface area contributed by atoms with Gasteiger partial charge in [-0.2, -0.15) is 4.98 Å². The number of rotatable bonds is 5. The predicted molar refractivity (Wildman–Crippen MR) is 84.6 cm³/mol. The highest BCUT2D eigenvalue weighted by Crippen LogP contribution is 2.25. The van der Waals surface area contributed by atoms with E-state index in [0.29, 0.717) is 34.3 Å². The molecule has 4 aromatic heterocycles. The lowest BCUT2D eigenvalue weighted by atomic mass is 10.3. The highest BCUT2D eigenvalue weighted by molar-refractivity contribution is 7.98. The first kappa shape index (κ1) is 14.5. The Morgan fingerprint density at radius 3 is 2.75 bits per heavy atom. The first-order valence-corrected chi connectivity index (χ1v) is 7.98. The number of aromatic nitrogens is 6. The van der Waals surface area contributed by atoms with E-state index in [4.69, 9.17) is 8.94 Å². The van der Waals surface area contributed by atoms with Gasteiger partial charge in [0, 0.05) is 24.2 Å². The monoisotopic (exact) mass is 338 g/mol. The lowest BCUT2D eigenvalue weighted by Crippen LogP contribution is -1.85. The fourth-order valence-electron chi connectivity index (χ4n) is 1.92. The van der Waals surface area contributed by atoms with Crippen molar-refractivity contribution in [2.24, 2.45) is 0 Å². The molecule has 0 aromatic carbocycles. The first-order chi connectivity index (χ1) is 11.9. The molecular weight excluding hydrogens is 328 g/mol. The first-order valence-electron chi connectivity index (χ1n) is 6.99. The maximum atomic E-state index is 5.59. The summed E-state index contributed by atoms with van der Waals surface area (Å²) in [6.45, 7) is 0. The summed E-state index contributed by atoms with van der Waals surface area (Å²) in [4.78, 5) is 12.4. The number of nitrogens with zero attached hydrogens (tertiary/aromatic N) is 6. The van der Waals surface area contributed by atoms with Gasteiger partial charge in [0.25, 0.3) is 5.22 Å². The van der Waals surface area contributed by atoms with Crippen molar-refractivity contribution in [2.45, 2.75) is 11.0 Å². The maximum absolute atomic E-state index is 5.59. The van der Waals surface area contributed by atoms with Crippen LogP contribution in [0.3, 0.4) is 0 Å². The van der Waals surface area contributed by atoms with E-state index in [0.717, 1.165) is 5.56 Å². The molecule has 0 amide bonds. The van der Waals surface area contributed by atoms with E-state index in [1.54, 1.807) is 30.7 Å². The van der Waals surface area contributed by atoms with Crippen molar-refractivity contribution in [1.82, 2.24) is 30.3 Å². The number of hydrogen-bond donors (Lipinski definition) is 0. The number of hydrogen-bond acceptors (Lipinski definition) is 9. The molecule has 0 saturated carbocycles. The molecule has 0 aliphatic carbocycles. The van der Waals surface area contributed by atoms with Crippen LogP contribution in [-0.4, -0.2) is 30.3 Å². The van der Waals surface area contributed by atoms with Gasteiger partial charge >= 0.3 is 0 Å². The topological polar surface area (TPSA) is 104 Å². The number of pyridine rings is 2. The van der Waals surface area contributed by atoms with Gasteiger partial charge < -0.3 is 8.94 Å². The third-order valence-electron chi connectivity index (χ3n) is 3.01. The Hall–Kier alpha value is -3.07. The van der Waals surface area contributed by atoms with Gasteiger partial charge in [-0.3, -0.25) is 9.97 Å². The van der Waals surface area contributed by atoms with Gasteiger partial charge in [0.05, 0.1) is 5.75 Å². The van der Waals surface area contributed by atoms with E-state index in [1.807, 2.05) is 18.2 Å². The second kappa shape index (κ2) is 6.59. The Bertz CT molecular complexity index is 848. The Balaban J connectivity index is 1.43. The van der Waals surface area contributed by atoms with Crippen LogP contribution in [0, 0.1) is 0 Å². The molecule has 0 aliphatic rings. The van der Waals surface area contributed by atoms with E-state index in [2.05, 4.69) is 30.3 Å². The molecule has 0 fully saturated rings. The van der Waals surface area contributed by atoms with Gasteiger partial charge in [-0.1, -0.05) is 23.0 Å². The van der Waals surface area contributed by atoms with Gasteiger partial charge in [-0.15, -0.1) is 10.2 Å². The van der Waals surface area contributed by atoms with Crippen LogP contribution in [0.1, 0.15) is 5.89 Å². The molecule has 0 spiro atoms. The molecule has 0 radical (unpaired) electrons. The zero-order valence-corrected chi connectivity index (χ0v) is 13.1. The summed E-state index contributed by atoms with van der Waals surface area (Å²) in [5.41, 5.74) is 1.48. The van der Waals surface area contributed by atoms with Gasteiger partial charge in [-0.25, -0.2) is 0 Å². The van der Waals surface area contributed by atoms with E-state index in [-0.39, 0.29) is 0 Å². The lowest BCUT2D eigenvalue weighted by molar-refractivity contribution is 0.390. The minimum Gasteiger partial charge on any atom is -0.411 e. The van der Waals surface area contributed by atoms with Crippen LogP contribution in [0.15, 0.2) is 63.1 Å². The average molecular weight is 338 g/mol. The van der Waals surface area contributed by atoms with Crippen LogP contribution in [-0.2, 0) is 5.75 Å². The zero-order valence-electron chi connectivity index (χ0n) is 12.2. The fraction of sp³-hybridized carbons (Fsp3) is 0.0667. The van der Waals surface area contributed by atoms with Crippen molar-refractivity contribution in [3.05, 3.63) is 54.8 Å². The van der Waals surface area contributed by atoms with Crippen LogP contribution in [0.2, 0.25) is 0 Å². The second-order valence-electron chi connectivity index (χ2n) is 4.62. The molecule has 4 rings (SSSR count).